The minimum Gasteiger partial charge on any atom is -0.372 e. The number of benzene rings is 2. The highest BCUT2D eigenvalue weighted by atomic mass is 32.2. The van der Waals surface area contributed by atoms with Gasteiger partial charge in [0.2, 0.25) is 5.91 Å². The Balaban J connectivity index is 1.84. The van der Waals surface area contributed by atoms with Crippen LogP contribution >= 0.6 is 11.8 Å². The normalized spacial score (nSPS) is 12.0. The maximum absolute atomic E-state index is 12.0. The van der Waals surface area contributed by atoms with Crippen molar-refractivity contribution < 1.29 is 4.79 Å². The molecule has 1 amide bonds. The molecule has 0 aliphatic rings. The Bertz CT molecular complexity index is 920. The van der Waals surface area contributed by atoms with Crippen LogP contribution in [-0.2, 0) is 11.8 Å². The van der Waals surface area contributed by atoms with Crippen LogP contribution in [0.5, 0.6) is 0 Å². The SMILES string of the molecule is CCN(CC)c1ccc(-c2nnc(SC(C(N)=O)c3ccccc3)n2C)cc1. The molecule has 0 saturated heterocycles. The van der Waals surface area contributed by atoms with Crippen molar-refractivity contribution in [3.63, 3.8) is 0 Å². The van der Waals surface area contributed by atoms with E-state index in [1.165, 1.54) is 17.4 Å². The minimum absolute atomic E-state index is 0.399. The van der Waals surface area contributed by atoms with E-state index in [1.54, 1.807) is 0 Å². The summed E-state index contributed by atoms with van der Waals surface area (Å²) in [5.41, 5.74) is 8.65. The Morgan fingerprint density at radius 1 is 1.07 bits per heavy atom. The molecule has 0 radical (unpaired) electrons. The number of thioether (sulfide) groups is 1. The summed E-state index contributed by atoms with van der Waals surface area (Å²) in [4.78, 5) is 14.3. The van der Waals surface area contributed by atoms with Crippen LogP contribution in [0.25, 0.3) is 11.4 Å². The van der Waals surface area contributed by atoms with E-state index < -0.39 is 11.2 Å². The van der Waals surface area contributed by atoms with Crippen LogP contribution in [-0.4, -0.2) is 33.8 Å². The molecule has 2 N–H and O–H groups in total. The van der Waals surface area contributed by atoms with E-state index in [0.717, 1.165) is 30.0 Å². The van der Waals surface area contributed by atoms with Gasteiger partial charge < -0.3 is 15.2 Å². The Labute approximate surface area is 169 Å². The van der Waals surface area contributed by atoms with Gasteiger partial charge in [-0.25, -0.2) is 0 Å². The first-order valence-corrected chi connectivity index (χ1v) is 10.2. The number of amides is 1. The maximum Gasteiger partial charge on any atom is 0.235 e. The predicted molar refractivity (Wildman–Crippen MR) is 114 cm³/mol. The fourth-order valence-corrected chi connectivity index (χ4v) is 4.06. The van der Waals surface area contributed by atoms with Crippen LogP contribution in [0.4, 0.5) is 5.69 Å². The van der Waals surface area contributed by atoms with E-state index in [2.05, 4.69) is 53.2 Å². The zero-order chi connectivity index (χ0) is 20.1. The maximum atomic E-state index is 12.0. The van der Waals surface area contributed by atoms with Crippen molar-refractivity contribution in [2.24, 2.45) is 12.8 Å². The van der Waals surface area contributed by atoms with Crippen molar-refractivity contribution in [1.82, 2.24) is 14.8 Å². The third kappa shape index (κ3) is 4.20. The van der Waals surface area contributed by atoms with E-state index >= 15 is 0 Å². The molecule has 0 spiro atoms. The number of primary amides is 1. The van der Waals surface area contributed by atoms with E-state index in [0.29, 0.717) is 5.16 Å². The number of rotatable bonds is 8. The first-order chi connectivity index (χ1) is 13.5. The summed E-state index contributed by atoms with van der Waals surface area (Å²) in [5.74, 6) is 0.356. The predicted octanol–water partition coefficient (Wildman–Crippen LogP) is 3.65. The van der Waals surface area contributed by atoms with Crippen LogP contribution in [0.2, 0.25) is 0 Å². The Hall–Kier alpha value is -2.80. The van der Waals surface area contributed by atoms with E-state index in [4.69, 9.17) is 5.73 Å². The Morgan fingerprint density at radius 3 is 2.29 bits per heavy atom. The molecule has 3 rings (SSSR count). The monoisotopic (exact) mass is 395 g/mol. The van der Waals surface area contributed by atoms with Crippen LogP contribution < -0.4 is 10.6 Å². The number of carbonyl (C=O) groups excluding carboxylic acids is 1. The van der Waals surface area contributed by atoms with Gasteiger partial charge in [0.1, 0.15) is 5.25 Å². The third-order valence-electron chi connectivity index (χ3n) is 4.67. The second-order valence-corrected chi connectivity index (χ2v) is 7.47. The summed E-state index contributed by atoms with van der Waals surface area (Å²) >= 11 is 1.31. The molecule has 7 heteroatoms. The molecule has 1 atom stereocenters. The van der Waals surface area contributed by atoms with Gasteiger partial charge in [-0.3, -0.25) is 4.79 Å². The number of hydrogen-bond acceptors (Lipinski definition) is 5. The van der Waals surface area contributed by atoms with Crippen molar-refractivity contribution >= 4 is 23.4 Å². The molecule has 146 valence electrons. The number of anilines is 1. The van der Waals surface area contributed by atoms with Crippen LogP contribution in [0.1, 0.15) is 24.7 Å². The molecule has 0 aliphatic carbocycles. The molecule has 1 unspecified atom stereocenters. The molecule has 2 aromatic carbocycles. The van der Waals surface area contributed by atoms with Crippen LogP contribution in [0.15, 0.2) is 59.8 Å². The zero-order valence-electron chi connectivity index (χ0n) is 16.4. The van der Waals surface area contributed by atoms with Gasteiger partial charge in [0, 0.05) is 31.4 Å². The van der Waals surface area contributed by atoms with E-state index in [9.17, 15) is 4.79 Å². The van der Waals surface area contributed by atoms with Crippen LogP contribution in [0.3, 0.4) is 0 Å². The molecular formula is C21H25N5OS. The molecule has 0 bridgehead atoms. The minimum atomic E-state index is -0.512. The summed E-state index contributed by atoms with van der Waals surface area (Å²) in [7, 11) is 1.90. The third-order valence-corrected chi connectivity index (χ3v) is 5.98. The molecule has 1 aromatic heterocycles. The number of nitrogens with zero attached hydrogens (tertiary/aromatic N) is 4. The number of carbonyl (C=O) groups is 1. The molecule has 0 saturated carbocycles. The fourth-order valence-electron chi connectivity index (χ4n) is 3.10. The van der Waals surface area contributed by atoms with Gasteiger partial charge in [-0.05, 0) is 43.7 Å². The molecular weight excluding hydrogens is 370 g/mol. The van der Waals surface area contributed by atoms with Crippen molar-refractivity contribution in [3.05, 3.63) is 60.2 Å². The number of aromatic nitrogens is 3. The topological polar surface area (TPSA) is 77.0 Å². The van der Waals surface area contributed by atoms with Gasteiger partial charge in [-0.15, -0.1) is 10.2 Å². The average Bonchev–Trinajstić information content (AvgIpc) is 3.08. The second kappa shape index (κ2) is 8.93. The standard InChI is InChI=1S/C21H25N5OS/c1-4-26(5-2)17-13-11-16(12-14-17)20-23-24-21(25(20)3)28-18(19(22)27)15-9-7-6-8-10-15/h6-14,18H,4-5H2,1-3H3,(H2,22,27). The molecule has 0 aliphatic heterocycles. The van der Waals surface area contributed by atoms with Crippen molar-refractivity contribution in [3.8, 4) is 11.4 Å². The zero-order valence-corrected chi connectivity index (χ0v) is 17.2. The largest absolute Gasteiger partial charge is 0.372 e. The Kier molecular flexibility index (Phi) is 6.36. The van der Waals surface area contributed by atoms with E-state index in [-0.39, 0.29) is 0 Å². The lowest BCUT2D eigenvalue weighted by Gasteiger charge is -2.21. The lowest BCUT2D eigenvalue weighted by molar-refractivity contribution is -0.117. The van der Waals surface area contributed by atoms with Gasteiger partial charge in [0.25, 0.3) is 0 Å². The smallest absolute Gasteiger partial charge is 0.235 e. The van der Waals surface area contributed by atoms with Gasteiger partial charge in [0.05, 0.1) is 0 Å². The molecule has 6 nitrogen and oxygen atoms in total. The summed E-state index contributed by atoms with van der Waals surface area (Å²) in [6, 6.07) is 17.8. The van der Waals surface area contributed by atoms with Crippen molar-refractivity contribution in [2.45, 2.75) is 24.3 Å². The molecule has 28 heavy (non-hydrogen) atoms. The number of nitrogens with two attached hydrogens (primary N) is 1. The fraction of sp³-hybridized carbons (Fsp3) is 0.286. The van der Waals surface area contributed by atoms with Crippen molar-refractivity contribution in [1.29, 1.82) is 0 Å². The Morgan fingerprint density at radius 2 is 1.71 bits per heavy atom. The lowest BCUT2D eigenvalue weighted by Crippen LogP contribution is -2.21. The van der Waals surface area contributed by atoms with Crippen LogP contribution in [0, 0.1) is 0 Å². The van der Waals surface area contributed by atoms with Gasteiger partial charge in [-0.1, -0.05) is 42.1 Å². The second-order valence-electron chi connectivity index (χ2n) is 6.40. The highest BCUT2D eigenvalue weighted by Gasteiger charge is 2.23. The molecule has 1 heterocycles. The summed E-state index contributed by atoms with van der Waals surface area (Å²) in [6.07, 6.45) is 0. The van der Waals surface area contributed by atoms with Gasteiger partial charge in [-0.2, -0.15) is 0 Å². The quantitative estimate of drug-likeness (QED) is 0.589. The lowest BCUT2D eigenvalue weighted by atomic mass is 10.1. The van der Waals surface area contributed by atoms with Gasteiger partial charge in [0.15, 0.2) is 11.0 Å². The molecule has 3 aromatic rings. The number of hydrogen-bond donors (Lipinski definition) is 1. The highest BCUT2D eigenvalue weighted by molar-refractivity contribution is 8.00. The van der Waals surface area contributed by atoms with E-state index in [1.807, 2.05) is 41.9 Å². The molecule has 0 fully saturated rings. The summed E-state index contributed by atoms with van der Waals surface area (Å²) in [6.45, 7) is 6.22. The highest BCUT2D eigenvalue weighted by Crippen LogP contribution is 2.35. The summed E-state index contributed by atoms with van der Waals surface area (Å²) in [5, 5.41) is 8.76. The van der Waals surface area contributed by atoms with Crippen molar-refractivity contribution in [2.75, 3.05) is 18.0 Å². The summed E-state index contributed by atoms with van der Waals surface area (Å²) < 4.78 is 1.90. The first kappa shape index (κ1) is 19.9. The van der Waals surface area contributed by atoms with Gasteiger partial charge >= 0.3 is 0 Å². The first-order valence-electron chi connectivity index (χ1n) is 9.30. The average molecular weight is 396 g/mol.